The first kappa shape index (κ1) is 11.6. The van der Waals surface area contributed by atoms with Gasteiger partial charge in [-0.1, -0.05) is 18.2 Å². The molecule has 1 heterocycles. The average molecular weight is 239 g/mol. The Kier molecular flexibility index (Phi) is 3.96. The van der Waals surface area contributed by atoms with Crippen LogP contribution in [-0.2, 0) is 21.3 Å². The zero-order valence-electron chi connectivity index (χ0n) is 9.22. The van der Waals surface area contributed by atoms with Gasteiger partial charge < -0.3 is 10.5 Å². The Morgan fingerprint density at radius 1 is 1.44 bits per heavy atom. The highest BCUT2D eigenvalue weighted by Gasteiger charge is 2.18. The predicted molar refractivity (Wildman–Crippen MR) is 66.5 cm³/mol. The van der Waals surface area contributed by atoms with Crippen LogP contribution in [0.3, 0.4) is 0 Å². The van der Waals surface area contributed by atoms with Gasteiger partial charge in [-0.3, -0.25) is 4.21 Å². The fraction of sp³-hybridized carbons (Fsp3) is 0.500. The van der Waals surface area contributed by atoms with Gasteiger partial charge in [0, 0.05) is 23.1 Å². The Labute approximate surface area is 98.4 Å². The third kappa shape index (κ3) is 3.06. The molecule has 4 heteroatoms. The maximum atomic E-state index is 11.9. The predicted octanol–water partition coefficient (Wildman–Crippen LogP) is 1.70. The highest BCUT2D eigenvalue weighted by molar-refractivity contribution is 7.84. The van der Waals surface area contributed by atoms with E-state index in [1.807, 2.05) is 24.3 Å². The summed E-state index contributed by atoms with van der Waals surface area (Å²) in [6, 6.07) is 7.60. The highest BCUT2D eigenvalue weighted by atomic mass is 32.2. The van der Waals surface area contributed by atoms with Gasteiger partial charge in [0.2, 0.25) is 0 Å². The largest absolute Gasteiger partial charge is 0.398 e. The van der Waals surface area contributed by atoms with Crippen molar-refractivity contribution < 1.29 is 8.95 Å². The third-order valence-electron chi connectivity index (χ3n) is 2.77. The third-order valence-corrected chi connectivity index (χ3v) is 4.14. The molecule has 2 unspecified atom stereocenters. The minimum Gasteiger partial charge on any atom is -0.398 e. The summed E-state index contributed by atoms with van der Waals surface area (Å²) in [4.78, 5) is 0. The Morgan fingerprint density at radius 2 is 2.25 bits per heavy atom. The van der Waals surface area contributed by atoms with Crippen molar-refractivity contribution in [3.8, 4) is 0 Å². The summed E-state index contributed by atoms with van der Waals surface area (Å²) in [6.07, 6.45) is 2.32. The van der Waals surface area contributed by atoms with Crippen molar-refractivity contribution in [1.29, 1.82) is 0 Å². The number of hydrogen-bond donors (Lipinski definition) is 1. The number of rotatable bonds is 4. The number of ether oxygens (including phenoxy) is 1. The zero-order valence-corrected chi connectivity index (χ0v) is 10.0. The lowest BCUT2D eigenvalue weighted by Crippen LogP contribution is -2.17. The van der Waals surface area contributed by atoms with Crippen molar-refractivity contribution in [3.63, 3.8) is 0 Å². The van der Waals surface area contributed by atoms with Crippen LogP contribution in [0.5, 0.6) is 0 Å². The van der Waals surface area contributed by atoms with Crippen molar-refractivity contribution in [1.82, 2.24) is 0 Å². The van der Waals surface area contributed by atoms with E-state index in [1.54, 1.807) is 0 Å². The SMILES string of the molecule is Nc1ccccc1CS(=O)CC1CCCO1. The molecule has 1 saturated heterocycles. The summed E-state index contributed by atoms with van der Waals surface area (Å²) >= 11 is 0. The molecule has 0 radical (unpaired) electrons. The van der Waals surface area contributed by atoms with E-state index in [4.69, 9.17) is 10.5 Å². The first-order chi connectivity index (χ1) is 7.75. The van der Waals surface area contributed by atoms with Crippen LogP contribution < -0.4 is 5.73 Å². The summed E-state index contributed by atoms with van der Waals surface area (Å²) in [5, 5.41) is 0. The molecule has 1 aromatic carbocycles. The standard InChI is InChI=1S/C12H17NO2S/c13-12-6-2-1-4-10(12)8-16(14)9-11-5-3-7-15-11/h1-2,4,6,11H,3,5,7-9,13H2. The van der Waals surface area contributed by atoms with E-state index in [1.165, 1.54) is 0 Å². The van der Waals surface area contributed by atoms with Gasteiger partial charge >= 0.3 is 0 Å². The highest BCUT2D eigenvalue weighted by Crippen LogP contribution is 2.17. The van der Waals surface area contributed by atoms with Gasteiger partial charge in [-0.05, 0) is 24.5 Å². The van der Waals surface area contributed by atoms with Gasteiger partial charge in [0.15, 0.2) is 0 Å². The van der Waals surface area contributed by atoms with Crippen LogP contribution in [0.1, 0.15) is 18.4 Å². The molecular formula is C12H17NO2S. The van der Waals surface area contributed by atoms with Crippen molar-refractivity contribution in [2.24, 2.45) is 0 Å². The van der Waals surface area contributed by atoms with Crippen molar-refractivity contribution in [2.75, 3.05) is 18.1 Å². The van der Waals surface area contributed by atoms with E-state index in [-0.39, 0.29) is 6.10 Å². The van der Waals surface area contributed by atoms with Gasteiger partial charge in [-0.15, -0.1) is 0 Å². The Hall–Kier alpha value is -0.870. The van der Waals surface area contributed by atoms with Crippen LogP contribution in [0.15, 0.2) is 24.3 Å². The lowest BCUT2D eigenvalue weighted by atomic mass is 10.2. The smallest absolute Gasteiger partial charge is 0.0691 e. The fourth-order valence-corrected chi connectivity index (χ4v) is 3.29. The monoisotopic (exact) mass is 239 g/mol. The van der Waals surface area contributed by atoms with Gasteiger partial charge in [0.05, 0.1) is 17.6 Å². The van der Waals surface area contributed by atoms with E-state index in [9.17, 15) is 4.21 Å². The molecule has 0 saturated carbocycles. The molecule has 2 rings (SSSR count). The lowest BCUT2D eigenvalue weighted by Gasteiger charge is -2.09. The van der Waals surface area contributed by atoms with Crippen molar-refractivity contribution >= 4 is 16.5 Å². The molecule has 0 spiro atoms. The van der Waals surface area contributed by atoms with E-state index < -0.39 is 10.8 Å². The van der Waals surface area contributed by atoms with Crippen molar-refractivity contribution in [3.05, 3.63) is 29.8 Å². The molecule has 3 nitrogen and oxygen atoms in total. The molecule has 0 aliphatic carbocycles. The minimum absolute atomic E-state index is 0.186. The molecule has 88 valence electrons. The molecule has 1 aliphatic heterocycles. The molecule has 1 aliphatic rings. The molecule has 1 fully saturated rings. The number of hydrogen-bond acceptors (Lipinski definition) is 3. The van der Waals surface area contributed by atoms with Crippen LogP contribution in [0.2, 0.25) is 0 Å². The Bertz CT molecular complexity index is 375. The summed E-state index contributed by atoms with van der Waals surface area (Å²) in [7, 11) is -0.876. The Balaban J connectivity index is 1.89. The molecule has 16 heavy (non-hydrogen) atoms. The summed E-state index contributed by atoms with van der Waals surface area (Å²) < 4.78 is 17.4. The maximum Gasteiger partial charge on any atom is 0.0691 e. The van der Waals surface area contributed by atoms with Crippen molar-refractivity contribution in [2.45, 2.75) is 24.7 Å². The van der Waals surface area contributed by atoms with Crippen LogP contribution >= 0.6 is 0 Å². The molecule has 1 aromatic rings. The second kappa shape index (κ2) is 5.46. The summed E-state index contributed by atoms with van der Waals surface area (Å²) in [5.41, 5.74) is 7.51. The fourth-order valence-electron chi connectivity index (χ4n) is 1.88. The van der Waals surface area contributed by atoms with Crippen LogP contribution in [0.4, 0.5) is 5.69 Å². The Morgan fingerprint density at radius 3 is 2.94 bits per heavy atom. The first-order valence-corrected chi connectivity index (χ1v) is 7.04. The van der Waals surface area contributed by atoms with Gasteiger partial charge in [-0.25, -0.2) is 0 Å². The number of anilines is 1. The quantitative estimate of drug-likeness (QED) is 0.814. The number of nitrogens with two attached hydrogens (primary N) is 1. The zero-order chi connectivity index (χ0) is 11.4. The molecule has 0 amide bonds. The molecule has 0 bridgehead atoms. The molecular weight excluding hydrogens is 222 g/mol. The average Bonchev–Trinajstić information content (AvgIpc) is 2.74. The van der Waals surface area contributed by atoms with E-state index in [0.717, 1.165) is 30.7 Å². The summed E-state index contributed by atoms with van der Waals surface area (Å²) in [5.74, 6) is 1.17. The van der Waals surface area contributed by atoms with Gasteiger partial charge in [-0.2, -0.15) is 0 Å². The number of nitrogen functional groups attached to an aromatic ring is 1. The minimum atomic E-state index is -0.876. The van der Waals surface area contributed by atoms with E-state index in [0.29, 0.717) is 11.5 Å². The van der Waals surface area contributed by atoms with E-state index in [2.05, 4.69) is 0 Å². The van der Waals surface area contributed by atoms with Crippen LogP contribution in [0.25, 0.3) is 0 Å². The number of benzene rings is 1. The normalized spacial score (nSPS) is 22.1. The molecule has 2 N–H and O–H groups in total. The van der Waals surface area contributed by atoms with Gasteiger partial charge in [0.1, 0.15) is 0 Å². The lowest BCUT2D eigenvalue weighted by molar-refractivity contribution is 0.128. The first-order valence-electron chi connectivity index (χ1n) is 5.55. The second-order valence-electron chi connectivity index (χ2n) is 4.08. The topological polar surface area (TPSA) is 52.3 Å². The van der Waals surface area contributed by atoms with Crippen LogP contribution in [0, 0.1) is 0 Å². The number of para-hydroxylation sites is 1. The van der Waals surface area contributed by atoms with Crippen LogP contribution in [-0.4, -0.2) is 22.7 Å². The molecule has 0 aromatic heterocycles. The van der Waals surface area contributed by atoms with Gasteiger partial charge in [0.25, 0.3) is 0 Å². The summed E-state index contributed by atoms with van der Waals surface area (Å²) in [6.45, 7) is 0.815. The van der Waals surface area contributed by atoms with E-state index >= 15 is 0 Å². The molecule has 2 atom stereocenters. The maximum absolute atomic E-state index is 11.9. The second-order valence-corrected chi connectivity index (χ2v) is 5.59.